The molecule has 0 bridgehead atoms. The first-order valence-corrected chi connectivity index (χ1v) is 21.9. The van der Waals surface area contributed by atoms with Crippen molar-refractivity contribution in [3.05, 3.63) is 253 Å². The summed E-state index contributed by atoms with van der Waals surface area (Å²) in [5.74, 6) is 0. The molecule has 0 radical (unpaired) electrons. The zero-order valence-corrected chi connectivity index (χ0v) is 34.3. The Morgan fingerprint density at radius 1 is 0.317 bits per heavy atom. The second-order valence-electron chi connectivity index (χ2n) is 17.2. The highest BCUT2D eigenvalue weighted by Crippen LogP contribution is 2.63. The number of hydrogen-bond donors (Lipinski definition) is 0. The fourth-order valence-corrected chi connectivity index (χ4v) is 11.6. The van der Waals surface area contributed by atoms with E-state index in [0.29, 0.717) is 0 Å². The quantitative estimate of drug-likeness (QED) is 0.175. The Hall–Kier alpha value is -8.20. The van der Waals surface area contributed by atoms with Gasteiger partial charge in [-0.15, -0.1) is 0 Å². The van der Waals surface area contributed by atoms with Gasteiger partial charge >= 0.3 is 0 Å². The molecule has 0 aromatic heterocycles. The minimum absolute atomic E-state index is 0.433. The average molecular weight is 799 g/mol. The van der Waals surface area contributed by atoms with Crippen LogP contribution in [-0.2, 0) is 5.41 Å². The van der Waals surface area contributed by atoms with Gasteiger partial charge in [0.05, 0.1) is 16.8 Å². The van der Waals surface area contributed by atoms with Gasteiger partial charge in [-0.2, -0.15) is 0 Å². The number of anilines is 6. The molecule has 0 saturated heterocycles. The van der Waals surface area contributed by atoms with Crippen molar-refractivity contribution in [3.8, 4) is 33.4 Å². The topological polar surface area (TPSA) is 6.48 Å². The van der Waals surface area contributed by atoms with E-state index in [4.69, 9.17) is 0 Å². The molecule has 0 amide bonds. The molecule has 0 atom stereocenters. The summed E-state index contributed by atoms with van der Waals surface area (Å²) < 4.78 is 0. The summed E-state index contributed by atoms with van der Waals surface area (Å²) in [4.78, 5) is 4.92. The van der Waals surface area contributed by atoms with Gasteiger partial charge in [0.15, 0.2) is 0 Å². The van der Waals surface area contributed by atoms with Crippen molar-refractivity contribution >= 4 is 66.4 Å². The van der Waals surface area contributed by atoms with Gasteiger partial charge in [-0.05, 0) is 138 Å². The van der Waals surface area contributed by atoms with Gasteiger partial charge < -0.3 is 9.80 Å². The fraction of sp³-hybridized carbons (Fsp3) is 0.0164. The predicted octanol–water partition coefficient (Wildman–Crippen LogP) is 16.4. The number of fused-ring (bicyclic) bond motifs is 15. The molecule has 2 aliphatic carbocycles. The fourth-order valence-electron chi connectivity index (χ4n) is 11.6. The van der Waals surface area contributed by atoms with Gasteiger partial charge in [0, 0.05) is 33.7 Å². The number of rotatable bonds is 4. The lowest BCUT2D eigenvalue weighted by atomic mass is 9.70. The maximum absolute atomic E-state index is 2.49. The van der Waals surface area contributed by atoms with Crippen LogP contribution < -0.4 is 9.80 Å². The Morgan fingerprint density at radius 2 is 0.841 bits per heavy atom. The highest BCUT2D eigenvalue weighted by Gasteiger charge is 2.51. The largest absolute Gasteiger partial charge is 0.310 e. The highest BCUT2D eigenvalue weighted by molar-refractivity contribution is 6.19. The van der Waals surface area contributed by atoms with E-state index in [1.165, 1.54) is 99.3 Å². The first-order valence-electron chi connectivity index (χ1n) is 21.9. The standard InChI is InChI=1S/C61H38N2/c1-2-15-42-37-45(29-27-39(42)13-1)62(46-34-35-51-50-21-7-10-25-55(50)61(56(51)38-46)53-23-8-5-19-48(53)49-20-6-9-24-54(49)61)43-30-32-44(33-31-43)63-57-26-12-17-41-16-11-22-52(59(41)57)60-47-18-4-3-14-40(47)28-36-58(60)63/h1-38H. The van der Waals surface area contributed by atoms with Gasteiger partial charge in [-0.25, -0.2) is 0 Å². The van der Waals surface area contributed by atoms with Gasteiger partial charge in [0.25, 0.3) is 0 Å². The third-order valence-corrected chi connectivity index (χ3v) is 14.1. The number of hydrogen-bond acceptors (Lipinski definition) is 2. The minimum Gasteiger partial charge on any atom is -0.310 e. The summed E-state index contributed by atoms with van der Waals surface area (Å²) in [5, 5.41) is 7.49. The van der Waals surface area contributed by atoms with E-state index in [1.807, 2.05) is 0 Å². The van der Waals surface area contributed by atoms with Crippen molar-refractivity contribution in [2.45, 2.75) is 5.41 Å². The summed E-state index contributed by atoms with van der Waals surface area (Å²) in [6, 6.07) is 85.9. The van der Waals surface area contributed by atoms with Gasteiger partial charge in [0.1, 0.15) is 0 Å². The summed E-state index contributed by atoms with van der Waals surface area (Å²) in [6.07, 6.45) is 0. The first-order chi connectivity index (χ1) is 31.3. The van der Waals surface area contributed by atoms with Crippen LogP contribution in [0.2, 0.25) is 0 Å². The van der Waals surface area contributed by atoms with Gasteiger partial charge in [-0.3, -0.25) is 0 Å². The third-order valence-electron chi connectivity index (χ3n) is 14.1. The van der Waals surface area contributed by atoms with E-state index in [1.54, 1.807) is 0 Å². The Kier molecular flexibility index (Phi) is 7.07. The molecular formula is C61H38N2. The molecule has 3 aliphatic rings. The lowest BCUT2D eigenvalue weighted by Crippen LogP contribution is -2.26. The molecule has 0 fully saturated rings. The van der Waals surface area contributed by atoms with Crippen LogP contribution in [-0.4, -0.2) is 0 Å². The van der Waals surface area contributed by atoms with Crippen molar-refractivity contribution < 1.29 is 0 Å². The molecular weight excluding hydrogens is 761 g/mol. The van der Waals surface area contributed by atoms with E-state index in [-0.39, 0.29) is 0 Å². The monoisotopic (exact) mass is 798 g/mol. The van der Waals surface area contributed by atoms with E-state index in [9.17, 15) is 0 Å². The molecule has 11 aromatic carbocycles. The minimum atomic E-state index is -0.433. The average Bonchev–Trinajstić information content (AvgIpc) is 3.81. The molecule has 292 valence electrons. The van der Waals surface area contributed by atoms with E-state index < -0.39 is 5.41 Å². The second kappa shape index (κ2) is 12.9. The van der Waals surface area contributed by atoms with E-state index in [2.05, 4.69) is 240 Å². The molecule has 0 N–H and O–H groups in total. The van der Waals surface area contributed by atoms with E-state index in [0.717, 1.165) is 22.7 Å². The predicted molar refractivity (Wildman–Crippen MR) is 264 cm³/mol. The maximum atomic E-state index is 2.49. The zero-order valence-electron chi connectivity index (χ0n) is 34.3. The summed E-state index contributed by atoms with van der Waals surface area (Å²) in [5.41, 5.74) is 19.6. The van der Waals surface area contributed by atoms with Crippen molar-refractivity contribution in [2.75, 3.05) is 9.80 Å². The molecule has 1 heterocycles. The molecule has 2 heteroatoms. The molecule has 11 aromatic rings. The van der Waals surface area contributed by atoms with Crippen LogP contribution in [0.5, 0.6) is 0 Å². The van der Waals surface area contributed by atoms with E-state index >= 15 is 0 Å². The maximum Gasteiger partial charge on any atom is 0.0726 e. The molecule has 0 saturated carbocycles. The van der Waals surface area contributed by atoms with Crippen LogP contribution >= 0.6 is 0 Å². The van der Waals surface area contributed by atoms with Crippen molar-refractivity contribution in [2.24, 2.45) is 0 Å². The van der Waals surface area contributed by atoms with Crippen LogP contribution in [0.1, 0.15) is 22.3 Å². The Morgan fingerprint density at radius 3 is 1.57 bits per heavy atom. The van der Waals surface area contributed by atoms with Crippen LogP contribution in [0.25, 0.3) is 65.7 Å². The first kappa shape index (κ1) is 34.5. The molecule has 0 unspecified atom stereocenters. The normalized spacial score (nSPS) is 13.5. The summed E-state index contributed by atoms with van der Waals surface area (Å²) in [7, 11) is 0. The second-order valence-corrected chi connectivity index (χ2v) is 17.2. The van der Waals surface area contributed by atoms with Crippen molar-refractivity contribution in [1.29, 1.82) is 0 Å². The van der Waals surface area contributed by atoms with Crippen LogP contribution in [0.15, 0.2) is 231 Å². The zero-order chi connectivity index (χ0) is 41.2. The lowest BCUT2D eigenvalue weighted by molar-refractivity contribution is 0.793. The molecule has 1 aliphatic heterocycles. The Bertz CT molecular complexity index is 3640. The van der Waals surface area contributed by atoms with Gasteiger partial charge in [-0.1, -0.05) is 170 Å². The van der Waals surface area contributed by atoms with Crippen LogP contribution in [0, 0.1) is 0 Å². The summed E-state index contributed by atoms with van der Waals surface area (Å²) >= 11 is 0. The molecule has 2 nitrogen and oxygen atoms in total. The number of nitrogens with zero attached hydrogens (tertiary/aromatic N) is 2. The molecule has 63 heavy (non-hydrogen) atoms. The van der Waals surface area contributed by atoms with Crippen molar-refractivity contribution in [1.82, 2.24) is 0 Å². The smallest absolute Gasteiger partial charge is 0.0726 e. The number of benzene rings is 11. The van der Waals surface area contributed by atoms with Crippen LogP contribution in [0.3, 0.4) is 0 Å². The SMILES string of the molecule is c1ccc2c(c1)-c1ccccc1C21c2ccccc2-c2ccc(N(c3ccc(N4c5ccc6ccccc6c5-c5cccc6cccc4c56)cc3)c3ccc4ccccc4c3)cc21. The Balaban J connectivity index is 0.978. The van der Waals surface area contributed by atoms with Crippen molar-refractivity contribution in [3.63, 3.8) is 0 Å². The van der Waals surface area contributed by atoms with Gasteiger partial charge in [0.2, 0.25) is 0 Å². The third kappa shape index (κ3) is 4.67. The lowest BCUT2D eigenvalue weighted by Gasteiger charge is -2.35. The molecule has 1 spiro atoms. The van der Waals surface area contributed by atoms with Crippen LogP contribution in [0.4, 0.5) is 34.1 Å². The molecule has 14 rings (SSSR count). The Labute approximate surface area is 366 Å². The highest BCUT2D eigenvalue weighted by atomic mass is 15.2. The summed E-state index contributed by atoms with van der Waals surface area (Å²) in [6.45, 7) is 0.